The Balaban J connectivity index is 2.07. The van der Waals surface area contributed by atoms with Gasteiger partial charge in [-0.25, -0.2) is 4.39 Å². The molecule has 0 amide bonds. The third-order valence-corrected chi connectivity index (χ3v) is 4.21. The van der Waals surface area contributed by atoms with Crippen LogP contribution in [-0.2, 0) is 6.18 Å². The molecule has 130 valence electrons. The zero-order valence-corrected chi connectivity index (χ0v) is 12.6. The van der Waals surface area contributed by atoms with E-state index in [4.69, 9.17) is 0 Å². The van der Waals surface area contributed by atoms with E-state index in [0.29, 0.717) is 31.4 Å². The van der Waals surface area contributed by atoms with Gasteiger partial charge in [-0.05, 0) is 37.3 Å². The molecule has 0 spiro atoms. The minimum atomic E-state index is -4.87. The maximum absolute atomic E-state index is 14.1. The molecule has 2 atom stereocenters. The van der Waals surface area contributed by atoms with E-state index in [1.54, 1.807) is 0 Å². The van der Waals surface area contributed by atoms with Gasteiger partial charge in [0.25, 0.3) is 0 Å². The molecule has 0 radical (unpaired) electrons. The summed E-state index contributed by atoms with van der Waals surface area (Å²) in [5.41, 5.74) is -1.50. The molecule has 0 aliphatic heterocycles. The molecule has 1 aromatic rings. The fourth-order valence-electron chi connectivity index (χ4n) is 3.08. The average Bonchev–Trinajstić information content (AvgIpc) is 2.86. The molecule has 1 saturated carbocycles. The lowest BCUT2D eigenvalue weighted by Crippen LogP contribution is -2.33. The number of hydrogen-bond acceptors (Lipinski definition) is 1. The third kappa shape index (κ3) is 4.32. The van der Waals surface area contributed by atoms with Gasteiger partial charge in [0.2, 0.25) is 0 Å². The standard InChI is InChI=1S/C16H18F6O/c1-2-3-10-4-5-11(8-10)16(21,22)23-12-6-7-13(14(17)9-12)15(18,19)20/h6-7,9-11H,2-5,8H2,1H3. The van der Waals surface area contributed by atoms with Crippen LogP contribution in [0.2, 0.25) is 0 Å². The van der Waals surface area contributed by atoms with E-state index in [1.165, 1.54) is 0 Å². The highest BCUT2D eigenvalue weighted by Gasteiger charge is 2.46. The Morgan fingerprint density at radius 2 is 1.83 bits per heavy atom. The summed E-state index contributed by atoms with van der Waals surface area (Å²) in [6.07, 6.45) is -5.34. The Kier molecular flexibility index (Phi) is 5.16. The summed E-state index contributed by atoms with van der Waals surface area (Å²) in [5.74, 6) is -3.01. The molecule has 0 aromatic heterocycles. The van der Waals surface area contributed by atoms with Crippen LogP contribution in [0.5, 0.6) is 5.75 Å². The summed E-state index contributed by atoms with van der Waals surface area (Å²) in [4.78, 5) is 0. The first-order valence-electron chi connectivity index (χ1n) is 7.57. The zero-order chi connectivity index (χ0) is 17.3. The Hall–Kier alpha value is -1.40. The van der Waals surface area contributed by atoms with Gasteiger partial charge in [0.1, 0.15) is 11.6 Å². The Morgan fingerprint density at radius 1 is 1.13 bits per heavy atom. The molecule has 0 saturated heterocycles. The second kappa shape index (κ2) is 6.61. The molecule has 2 rings (SSSR count). The molecule has 1 aliphatic carbocycles. The van der Waals surface area contributed by atoms with Crippen LogP contribution in [0, 0.1) is 17.7 Å². The molecule has 0 heterocycles. The normalized spacial score (nSPS) is 22.4. The number of hydrogen-bond donors (Lipinski definition) is 0. The van der Waals surface area contributed by atoms with E-state index in [0.717, 1.165) is 18.9 Å². The number of alkyl halides is 5. The highest BCUT2D eigenvalue weighted by Crippen LogP contribution is 2.43. The van der Waals surface area contributed by atoms with Crippen LogP contribution < -0.4 is 4.74 Å². The molecule has 23 heavy (non-hydrogen) atoms. The summed E-state index contributed by atoms with van der Waals surface area (Å²) in [6.45, 7) is 1.98. The molecule has 0 N–H and O–H groups in total. The van der Waals surface area contributed by atoms with Gasteiger partial charge < -0.3 is 4.74 Å². The monoisotopic (exact) mass is 340 g/mol. The Morgan fingerprint density at radius 3 is 2.39 bits per heavy atom. The molecule has 1 aliphatic rings. The van der Waals surface area contributed by atoms with Crippen molar-refractivity contribution in [2.75, 3.05) is 0 Å². The SMILES string of the molecule is CCCC1CCC(C(F)(F)Oc2ccc(C(F)(F)F)c(F)c2)C1. The predicted octanol–water partition coefficient (Wildman–Crippen LogP) is 6.03. The van der Waals surface area contributed by atoms with E-state index in [2.05, 4.69) is 4.74 Å². The summed E-state index contributed by atoms with van der Waals surface area (Å²) < 4.78 is 83.5. The van der Waals surface area contributed by atoms with Crippen LogP contribution in [0.25, 0.3) is 0 Å². The first-order valence-corrected chi connectivity index (χ1v) is 7.57. The van der Waals surface area contributed by atoms with Gasteiger partial charge >= 0.3 is 12.3 Å². The smallest absolute Gasteiger partial charge is 0.419 e. The molecule has 7 heteroatoms. The predicted molar refractivity (Wildman–Crippen MR) is 72.7 cm³/mol. The number of ether oxygens (including phenoxy) is 1. The van der Waals surface area contributed by atoms with Crippen molar-refractivity contribution in [1.29, 1.82) is 0 Å². The van der Waals surface area contributed by atoms with Crippen molar-refractivity contribution in [2.24, 2.45) is 11.8 Å². The summed E-state index contributed by atoms with van der Waals surface area (Å²) in [6, 6.07) is 1.49. The van der Waals surface area contributed by atoms with Gasteiger partial charge in [-0.2, -0.15) is 22.0 Å². The van der Waals surface area contributed by atoms with E-state index >= 15 is 0 Å². The second-order valence-corrected chi connectivity index (χ2v) is 5.97. The van der Waals surface area contributed by atoms with Gasteiger partial charge in [0.05, 0.1) is 11.5 Å². The first-order chi connectivity index (χ1) is 10.6. The Bertz CT molecular complexity index is 540. The minimum absolute atomic E-state index is 0.212. The number of halogens is 6. The van der Waals surface area contributed by atoms with E-state index in [1.807, 2.05) is 6.92 Å². The maximum Gasteiger partial charge on any atom is 0.419 e. The summed E-state index contributed by atoms with van der Waals surface area (Å²) in [7, 11) is 0. The first kappa shape index (κ1) is 17.9. The zero-order valence-electron chi connectivity index (χ0n) is 12.6. The number of rotatable bonds is 5. The van der Waals surface area contributed by atoms with Crippen molar-refractivity contribution in [3.63, 3.8) is 0 Å². The fourth-order valence-corrected chi connectivity index (χ4v) is 3.08. The fraction of sp³-hybridized carbons (Fsp3) is 0.625. The highest BCUT2D eigenvalue weighted by molar-refractivity contribution is 5.30. The third-order valence-electron chi connectivity index (χ3n) is 4.21. The van der Waals surface area contributed by atoms with Crippen LogP contribution in [-0.4, -0.2) is 6.11 Å². The van der Waals surface area contributed by atoms with Gasteiger partial charge in [0, 0.05) is 6.07 Å². The lowest BCUT2D eigenvalue weighted by molar-refractivity contribution is -0.214. The highest BCUT2D eigenvalue weighted by atomic mass is 19.4. The topological polar surface area (TPSA) is 9.23 Å². The van der Waals surface area contributed by atoms with Crippen molar-refractivity contribution in [1.82, 2.24) is 0 Å². The Labute approximate surface area is 130 Å². The van der Waals surface area contributed by atoms with Crippen molar-refractivity contribution >= 4 is 0 Å². The maximum atomic E-state index is 14.1. The molecule has 1 fully saturated rings. The van der Waals surface area contributed by atoms with Gasteiger partial charge in [0.15, 0.2) is 0 Å². The van der Waals surface area contributed by atoms with Crippen molar-refractivity contribution in [2.45, 2.75) is 51.3 Å². The quantitative estimate of drug-likeness (QED) is 0.595. The van der Waals surface area contributed by atoms with Crippen LogP contribution in [0.4, 0.5) is 26.3 Å². The lowest BCUT2D eigenvalue weighted by Gasteiger charge is -2.24. The molecular formula is C16H18F6O. The van der Waals surface area contributed by atoms with E-state index in [9.17, 15) is 26.3 Å². The lowest BCUT2D eigenvalue weighted by atomic mass is 10.00. The largest absolute Gasteiger partial charge is 0.432 e. The van der Waals surface area contributed by atoms with Gasteiger partial charge in [-0.15, -0.1) is 0 Å². The average molecular weight is 340 g/mol. The number of benzene rings is 1. The van der Waals surface area contributed by atoms with Crippen LogP contribution in [0.3, 0.4) is 0 Å². The van der Waals surface area contributed by atoms with Crippen molar-refractivity contribution < 1.29 is 31.1 Å². The van der Waals surface area contributed by atoms with E-state index < -0.39 is 35.3 Å². The van der Waals surface area contributed by atoms with Gasteiger partial charge in [-0.1, -0.05) is 19.8 Å². The van der Waals surface area contributed by atoms with Crippen molar-refractivity contribution in [3.05, 3.63) is 29.6 Å². The van der Waals surface area contributed by atoms with Crippen molar-refractivity contribution in [3.8, 4) is 5.75 Å². The molecule has 0 bridgehead atoms. The van der Waals surface area contributed by atoms with Crippen LogP contribution in [0.1, 0.15) is 44.6 Å². The minimum Gasteiger partial charge on any atom is -0.432 e. The molecule has 2 unspecified atom stereocenters. The molecule has 1 nitrogen and oxygen atoms in total. The molecule has 1 aromatic carbocycles. The van der Waals surface area contributed by atoms with Gasteiger partial charge in [-0.3, -0.25) is 0 Å². The van der Waals surface area contributed by atoms with Crippen LogP contribution >= 0.6 is 0 Å². The summed E-state index contributed by atoms with van der Waals surface area (Å²) >= 11 is 0. The second-order valence-electron chi connectivity index (χ2n) is 5.97. The van der Waals surface area contributed by atoms with E-state index in [-0.39, 0.29) is 5.92 Å². The molecular weight excluding hydrogens is 322 g/mol. The van der Waals surface area contributed by atoms with Crippen LogP contribution in [0.15, 0.2) is 18.2 Å². The summed E-state index contributed by atoms with van der Waals surface area (Å²) in [5, 5.41) is 0.